The summed E-state index contributed by atoms with van der Waals surface area (Å²) < 4.78 is 49.7. The van der Waals surface area contributed by atoms with Gasteiger partial charge in [-0.15, -0.1) is 0 Å². The van der Waals surface area contributed by atoms with Gasteiger partial charge in [0.2, 0.25) is 5.91 Å². The van der Waals surface area contributed by atoms with Crippen LogP contribution in [0.4, 0.5) is 13.2 Å². The van der Waals surface area contributed by atoms with Crippen molar-refractivity contribution in [3.8, 4) is 0 Å². The summed E-state index contributed by atoms with van der Waals surface area (Å²) in [5.74, 6) is -2.90. The van der Waals surface area contributed by atoms with E-state index in [2.05, 4.69) is 10.3 Å². The third-order valence-electron chi connectivity index (χ3n) is 8.52. The number of aliphatic carboxylic acids is 1. The molecule has 0 bridgehead atoms. The van der Waals surface area contributed by atoms with Gasteiger partial charge < -0.3 is 19.7 Å². The monoisotopic (exact) mass is 571 g/mol. The minimum Gasteiger partial charge on any atom is -0.481 e. The lowest BCUT2D eigenvalue weighted by Crippen LogP contribution is -2.44. The third kappa shape index (κ3) is 7.09. The van der Waals surface area contributed by atoms with Gasteiger partial charge in [0, 0.05) is 24.6 Å². The van der Waals surface area contributed by atoms with Crippen molar-refractivity contribution < 1.29 is 32.6 Å². The van der Waals surface area contributed by atoms with Crippen LogP contribution in [-0.4, -0.2) is 32.6 Å². The molecule has 0 aliphatic heterocycles. The van der Waals surface area contributed by atoms with E-state index < -0.39 is 23.6 Å². The first-order valence-corrected chi connectivity index (χ1v) is 14.5. The summed E-state index contributed by atoms with van der Waals surface area (Å²) >= 11 is 0. The number of halogens is 3. The van der Waals surface area contributed by atoms with E-state index in [4.69, 9.17) is 9.84 Å². The first kappa shape index (κ1) is 29.1. The van der Waals surface area contributed by atoms with Gasteiger partial charge in [0.25, 0.3) is 0 Å². The Hall–Kier alpha value is -3.40. The Morgan fingerprint density at radius 3 is 2.32 bits per heavy atom. The minimum atomic E-state index is -1.02. The highest BCUT2D eigenvalue weighted by molar-refractivity contribution is 5.85. The molecule has 2 aliphatic rings. The van der Waals surface area contributed by atoms with E-state index in [0.29, 0.717) is 24.2 Å². The second-order valence-electron chi connectivity index (χ2n) is 11.4. The molecule has 0 radical (unpaired) electrons. The maximum Gasteiger partial charge on any atom is 0.303 e. The Morgan fingerprint density at radius 2 is 1.63 bits per heavy atom. The number of carbonyl (C=O) groups is 2. The van der Waals surface area contributed by atoms with Gasteiger partial charge in [-0.1, -0.05) is 31.4 Å². The Labute approximate surface area is 237 Å². The fourth-order valence-corrected chi connectivity index (χ4v) is 6.43. The largest absolute Gasteiger partial charge is 0.481 e. The van der Waals surface area contributed by atoms with Gasteiger partial charge in [0.15, 0.2) is 11.6 Å². The number of amides is 1. The van der Waals surface area contributed by atoms with Crippen molar-refractivity contribution in [1.29, 1.82) is 0 Å². The van der Waals surface area contributed by atoms with Crippen molar-refractivity contribution >= 4 is 22.9 Å². The Kier molecular flexibility index (Phi) is 9.27. The van der Waals surface area contributed by atoms with E-state index in [1.165, 1.54) is 12.1 Å². The van der Waals surface area contributed by atoms with E-state index in [1.54, 1.807) is 16.7 Å². The number of ether oxygens (including phenoxy) is 1. The molecule has 2 aromatic carbocycles. The topological polar surface area (TPSA) is 93.5 Å². The van der Waals surface area contributed by atoms with E-state index in [0.717, 1.165) is 62.6 Å². The number of imidazole rings is 1. The molecule has 2 fully saturated rings. The highest BCUT2D eigenvalue weighted by Crippen LogP contribution is 2.37. The van der Waals surface area contributed by atoms with Crippen LogP contribution in [0.25, 0.3) is 11.0 Å². The maximum atomic E-state index is 14.5. The average molecular weight is 572 g/mol. The van der Waals surface area contributed by atoms with Crippen molar-refractivity contribution in [2.45, 2.75) is 89.5 Å². The molecule has 0 saturated heterocycles. The molecule has 1 amide bonds. The van der Waals surface area contributed by atoms with Crippen LogP contribution in [0.3, 0.4) is 0 Å². The molecule has 7 nitrogen and oxygen atoms in total. The van der Waals surface area contributed by atoms with E-state index in [-0.39, 0.29) is 54.8 Å². The minimum absolute atomic E-state index is 0.00785. The fourth-order valence-electron chi connectivity index (χ4n) is 6.43. The van der Waals surface area contributed by atoms with Gasteiger partial charge in [-0.05, 0) is 68.1 Å². The fraction of sp³-hybridized carbons (Fsp3) is 0.516. The average Bonchev–Trinajstić information content (AvgIpc) is 3.28. The Morgan fingerprint density at radius 1 is 0.951 bits per heavy atom. The van der Waals surface area contributed by atoms with Crippen LogP contribution < -0.4 is 5.32 Å². The van der Waals surface area contributed by atoms with Crippen molar-refractivity contribution in [2.75, 3.05) is 0 Å². The standard InChI is InChI=1S/C31H36F3N3O4/c32-22-10-6-20(7-11-22)17-41-18-28-36-26-15-24(33)25(34)16-27(26)37(28)30(21-4-2-1-3-5-21)31(40)35-23-12-8-19(9-13-23)14-29(38)39/h6-7,10-11,15-16,19,21,23,30H,1-5,8-9,12-14,17-18H2,(H,35,40)(H,38,39). The van der Waals surface area contributed by atoms with Crippen LogP contribution in [0, 0.1) is 29.3 Å². The van der Waals surface area contributed by atoms with Crippen molar-refractivity contribution in [2.24, 2.45) is 11.8 Å². The lowest BCUT2D eigenvalue weighted by atomic mass is 9.82. The maximum absolute atomic E-state index is 14.5. The highest BCUT2D eigenvalue weighted by Gasteiger charge is 2.36. The van der Waals surface area contributed by atoms with Crippen molar-refractivity contribution in [3.63, 3.8) is 0 Å². The molecule has 3 aromatic rings. The normalized spacial score (nSPS) is 20.7. The molecular weight excluding hydrogens is 535 g/mol. The number of hydrogen-bond donors (Lipinski definition) is 2. The molecule has 220 valence electrons. The number of carbonyl (C=O) groups excluding carboxylic acids is 1. The summed E-state index contributed by atoms with van der Waals surface area (Å²) in [6, 6.07) is 7.30. The van der Waals surface area contributed by atoms with E-state index in [1.807, 2.05) is 0 Å². The first-order valence-electron chi connectivity index (χ1n) is 14.5. The smallest absolute Gasteiger partial charge is 0.303 e. The predicted octanol–water partition coefficient (Wildman–Crippen LogP) is 6.44. The molecule has 5 rings (SSSR count). The van der Waals surface area contributed by atoms with Crippen molar-refractivity contribution in [3.05, 3.63) is 65.2 Å². The van der Waals surface area contributed by atoms with E-state index in [9.17, 15) is 22.8 Å². The Bertz CT molecular complexity index is 1360. The zero-order valence-electron chi connectivity index (χ0n) is 23.0. The lowest BCUT2D eigenvalue weighted by Gasteiger charge is -2.34. The van der Waals surface area contributed by atoms with Gasteiger partial charge in [-0.25, -0.2) is 18.2 Å². The number of hydrogen-bond acceptors (Lipinski definition) is 4. The van der Waals surface area contributed by atoms with Crippen LogP contribution in [0.15, 0.2) is 36.4 Å². The summed E-state index contributed by atoms with van der Waals surface area (Å²) in [5.41, 5.74) is 1.33. The molecular formula is C31H36F3N3O4. The van der Waals surface area contributed by atoms with Crippen molar-refractivity contribution in [1.82, 2.24) is 14.9 Å². The van der Waals surface area contributed by atoms with Gasteiger partial charge >= 0.3 is 5.97 Å². The molecule has 2 aliphatic carbocycles. The molecule has 10 heteroatoms. The number of benzene rings is 2. The second kappa shape index (κ2) is 13.1. The number of carboxylic acid groups (broad SMARTS) is 1. The summed E-state index contributed by atoms with van der Waals surface area (Å²) in [6.07, 6.45) is 7.65. The SMILES string of the molecule is O=C(O)CC1CCC(NC(=O)C(C2CCCCC2)n2c(COCc3ccc(F)cc3)nc3cc(F)c(F)cc32)CC1. The van der Waals surface area contributed by atoms with Gasteiger partial charge in [-0.2, -0.15) is 0 Å². The molecule has 1 aromatic heterocycles. The van der Waals surface area contributed by atoms with Crippen LogP contribution in [-0.2, 0) is 27.5 Å². The lowest BCUT2D eigenvalue weighted by molar-refractivity contribution is -0.138. The molecule has 0 spiro atoms. The summed E-state index contributed by atoms with van der Waals surface area (Å²) in [5, 5.41) is 12.3. The van der Waals surface area contributed by atoms with Gasteiger partial charge in [-0.3, -0.25) is 9.59 Å². The number of aromatic nitrogens is 2. The zero-order chi connectivity index (χ0) is 28.9. The number of nitrogens with zero attached hydrogens (tertiary/aromatic N) is 2. The number of nitrogens with one attached hydrogen (secondary N) is 1. The molecule has 2 N–H and O–H groups in total. The predicted molar refractivity (Wildman–Crippen MR) is 146 cm³/mol. The summed E-state index contributed by atoms with van der Waals surface area (Å²) in [7, 11) is 0. The molecule has 1 atom stereocenters. The molecule has 41 heavy (non-hydrogen) atoms. The second-order valence-corrected chi connectivity index (χ2v) is 11.4. The molecule has 1 unspecified atom stereocenters. The zero-order valence-corrected chi connectivity index (χ0v) is 23.0. The molecule has 1 heterocycles. The van der Waals surface area contributed by atoms with Crippen LogP contribution >= 0.6 is 0 Å². The third-order valence-corrected chi connectivity index (χ3v) is 8.52. The molecule has 2 saturated carbocycles. The summed E-state index contributed by atoms with van der Waals surface area (Å²) in [6.45, 7) is 0.165. The van der Waals surface area contributed by atoms with Crippen LogP contribution in [0.5, 0.6) is 0 Å². The van der Waals surface area contributed by atoms with Gasteiger partial charge in [0.05, 0.1) is 17.6 Å². The number of fused-ring (bicyclic) bond motifs is 1. The first-order chi connectivity index (χ1) is 19.8. The number of rotatable bonds is 10. The summed E-state index contributed by atoms with van der Waals surface area (Å²) in [4.78, 5) is 29.7. The van der Waals surface area contributed by atoms with Gasteiger partial charge in [0.1, 0.15) is 24.3 Å². The van der Waals surface area contributed by atoms with Crippen LogP contribution in [0.2, 0.25) is 0 Å². The number of carboxylic acids is 1. The van der Waals surface area contributed by atoms with Crippen LogP contribution in [0.1, 0.15) is 81.6 Å². The Balaban J connectivity index is 1.43. The highest BCUT2D eigenvalue weighted by atomic mass is 19.2. The quantitative estimate of drug-likeness (QED) is 0.292. The van der Waals surface area contributed by atoms with E-state index >= 15 is 0 Å².